The predicted octanol–water partition coefficient (Wildman–Crippen LogP) is 4.52. The van der Waals surface area contributed by atoms with E-state index >= 15 is 0 Å². The number of carboxylic acid groups (broad SMARTS) is 1. The highest BCUT2D eigenvalue weighted by Gasteiger charge is 2.15. The summed E-state index contributed by atoms with van der Waals surface area (Å²) in [6.07, 6.45) is 1.97. The van der Waals surface area contributed by atoms with Gasteiger partial charge in [0, 0.05) is 16.5 Å². The lowest BCUT2D eigenvalue weighted by Crippen LogP contribution is -2.22. The molecule has 6 heteroatoms. The van der Waals surface area contributed by atoms with Gasteiger partial charge in [-0.3, -0.25) is 0 Å². The van der Waals surface area contributed by atoms with Crippen molar-refractivity contribution in [2.45, 2.75) is 26.7 Å². The number of aromatic nitrogens is 1. The first kappa shape index (κ1) is 20.1. The van der Waals surface area contributed by atoms with Crippen LogP contribution in [-0.4, -0.2) is 24.7 Å². The molecule has 0 atom stereocenters. The first-order valence-electron chi connectivity index (χ1n) is 9.08. The van der Waals surface area contributed by atoms with Crippen molar-refractivity contribution in [3.8, 4) is 22.8 Å². The van der Waals surface area contributed by atoms with Gasteiger partial charge < -0.3 is 19.4 Å². The van der Waals surface area contributed by atoms with Crippen LogP contribution < -0.4 is 14.6 Å². The van der Waals surface area contributed by atoms with Crippen LogP contribution in [0.3, 0.4) is 0 Å². The highest BCUT2D eigenvalue weighted by Crippen LogP contribution is 2.40. The lowest BCUT2D eigenvalue weighted by atomic mass is 10.0. The van der Waals surface area contributed by atoms with E-state index in [1.54, 1.807) is 19.2 Å². The van der Waals surface area contributed by atoms with Crippen LogP contribution in [0.4, 0.5) is 0 Å². The van der Waals surface area contributed by atoms with Crippen molar-refractivity contribution < 1.29 is 19.4 Å². The molecule has 0 amide bonds. The van der Waals surface area contributed by atoms with E-state index in [1.165, 1.54) is 6.07 Å². The Morgan fingerprint density at radius 2 is 2.00 bits per heavy atom. The van der Waals surface area contributed by atoms with Crippen molar-refractivity contribution in [2.75, 3.05) is 13.7 Å². The SMILES string of the molecule is CCCCOc1c(Br)cc(-c2cc(C(=O)[O-])c3cc(C)ccc3n2)cc1OC. The van der Waals surface area contributed by atoms with Crippen molar-refractivity contribution in [1.29, 1.82) is 0 Å². The fraction of sp³-hybridized carbons (Fsp3) is 0.273. The second kappa shape index (κ2) is 8.61. The van der Waals surface area contributed by atoms with Gasteiger partial charge in [0.1, 0.15) is 0 Å². The molecule has 2 aromatic carbocycles. The van der Waals surface area contributed by atoms with Crippen LogP contribution in [0.25, 0.3) is 22.2 Å². The number of rotatable bonds is 7. The van der Waals surface area contributed by atoms with Crippen LogP contribution in [-0.2, 0) is 0 Å². The first-order valence-corrected chi connectivity index (χ1v) is 9.87. The van der Waals surface area contributed by atoms with Gasteiger partial charge >= 0.3 is 0 Å². The lowest BCUT2D eigenvalue weighted by molar-refractivity contribution is -0.254. The van der Waals surface area contributed by atoms with Crippen LogP contribution in [0.5, 0.6) is 11.5 Å². The third kappa shape index (κ3) is 4.12. The topological polar surface area (TPSA) is 71.5 Å². The summed E-state index contributed by atoms with van der Waals surface area (Å²) in [5.41, 5.74) is 2.91. The molecule has 0 radical (unpaired) electrons. The van der Waals surface area contributed by atoms with Gasteiger partial charge in [-0.1, -0.05) is 25.0 Å². The molecule has 0 aliphatic carbocycles. The number of carboxylic acids is 1. The maximum Gasteiger partial charge on any atom is 0.175 e. The lowest BCUT2D eigenvalue weighted by Gasteiger charge is -2.15. The summed E-state index contributed by atoms with van der Waals surface area (Å²) in [6.45, 7) is 4.60. The first-order chi connectivity index (χ1) is 13.4. The highest BCUT2D eigenvalue weighted by atomic mass is 79.9. The summed E-state index contributed by atoms with van der Waals surface area (Å²) in [5.74, 6) is -0.0534. The molecule has 0 aliphatic heterocycles. The van der Waals surface area contributed by atoms with Crippen LogP contribution >= 0.6 is 15.9 Å². The zero-order valence-electron chi connectivity index (χ0n) is 16.0. The Kier molecular flexibility index (Phi) is 6.19. The number of hydrogen-bond donors (Lipinski definition) is 0. The Hall–Kier alpha value is -2.60. The van der Waals surface area contributed by atoms with Gasteiger partial charge in [0.05, 0.1) is 35.4 Å². The van der Waals surface area contributed by atoms with Gasteiger partial charge in [-0.05, 0) is 59.6 Å². The second-order valence-corrected chi connectivity index (χ2v) is 7.41. The second-order valence-electron chi connectivity index (χ2n) is 6.55. The Bertz CT molecular complexity index is 1030. The molecule has 0 fully saturated rings. The number of halogens is 1. The largest absolute Gasteiger partial charge is 0.545 e. The van der Waals surface area contributed by atoms with Gasteiger partial charge in [-0.2, -0.15) is 0 Å². The average Bonchev–Trinajstić information content (AvgIpc) is 2.68. The van der Waals surface area contributed by atoms with Crippen LogP contribution in [0.15, 0.2) is 40.9 Å². The minimum absolute atomic E-state index is 0.113. The van der Waals surface area contributed by atoms with Crippen LogP contribution in [0.1, 0.15) is 35.7 Å². The molecular formula is C22H21BrNO4-. The maximum atomic E-state index is 11.7. The summed E-state index contributed by atoms with van der Waals surface area (Å²) in [7, 11) is 1.57. The van der Waals surface area contributed by atoms with Crippen LogP contribution in [0, 0.1) is 6.92 Å². The normalized spacial score (nSPS) is 10.9. The van der Waals surface area contributed by atoms with E-state index in [2.05, 4.69) is 27.8 Å². The third-order valence-electron chi connectivity index (χ3n) is 4.45. The molecule has 3 aromatic rings. The molecule has 0 aliphatic rings. The Morgan fingerprint density at radius 3 is 2.68 bits per heavy atom. The number of unbranched alkanes of at least 4 members (excludes halogenated alkanes) is 1. The number of fused-ring (bicyclic) bond motifs is 1. The fourth-order valence-electron chi connectivity index (χ4n) is 2.98. The Balaban J connectivity index is 2.12. The Labute approximate surface area is 172 Å². The minimum atomic E-state index is -1.23. The Morgan fingerprint density at radius 1 is 1.21 bits per heavy atom. The van der Waals surface area contributed by atoms with E-state index in [1.807, 2.05) is 25.1 Å². The summed E-state index contributed by atoms with van der Waals surface area (Å²) < 4.78 is 12.0. The van der Waals surface area contributed by atoms with Crippen molar-refractivity contribution in [3.63, 3.8) is 0 Å². The summed E-state index contributed by atoms with van der Waals surface area (Å²) in [6, 6.07) is 10.7. The number of nitrogens with zero attached hydrogens (tertiary/aromatic N) is 1. The highest BCUT2D eigenvalue weighted by molar-refractivity contribution is 9.10. The monoisotopic (exact) mass is 442 g/mol. The molecule has 0 bridgehead atoms. The fourth-order valence-corrected chi connectivity index (χ4v) is 3.54. The molecule has 3 rings (SSSR count). The van der Waals surface area contributed by atoms with Crippen molar-refractivity contribution in [2.24, 2.45) is 0 Å². The summed E-state index contributed by atoms with van der Waals surface area (Å²) >= 11 is 3.53. The van der Waals surface area contributed by atoms with E-state index < -0.39 is 5.97 Å². The third-order valence-corrected chi connectivity index (χ3v) is 5.04. The molecule has 28 heavy (non-hydrogen) atoms. The van der Waals surface area contributed by atoms with Crippen molar-refractivity contribution >= 4 is 32.8 Å². The molecule has 0 saturated carbocycles. The smallest absolute Gasteiger partial charge is 0.175 e. The zero-order chi connectivity index (χ0) is 20.3. The predicted molar refractivity (Wildman–Crippen MR) is 111 cm³/mol. The van der Waals surface area contributed by atoms with E-state index in [4.69, 9.17) is 9.47 Å². The number of pyridine rings is 1. The molecule has 0 saturated heterocycles. The quantitative estimate of drug-likeness (QED) is 0.502. The van der Waals surface area contributed by atoms with E-state index in [0.29, 0.717) is 34.7 Å². The number of carbonyl (C=O) groups excluding carboxylic acids is 1. The minimum Gasteiger partial charge on any atom is -0.545 e. The molecule has 1 heterocycles. The molecule has 0 unspecified atom stereocenters. The van der Waals surface area contributed by atoms with Gasteiger partial charge in [0.15, 0.2) is 11.5 Å². The number of benzene rings is 2. The molecule has 0 spiro atoms. The van der Waals surface area contributed by atoms with Gasteiger partial charge in [0.25, 0.3) is 0 Å². The average molecular weight is 443 g/mol. The number of carbonyl (C=O) groups is 1. The standard InChI is InChI=1S/C22H22BrNO4/c1-4-5-8-28-21-17(23)10-14(11-20(21)27-3)19-12-16(22(25)26)15-9-13(2)6-7-18(15)24-19/h6-7,9-12H,4-5,8H2,1-3H3,(H,25,26)/p-1. The molecule has 5 nitrogen and oxygen atoms in total. The van der Waals surface area contributed by atoms with E-state index in [9.17, 15) is 9.90 Å². The van der Waals surface area contributed by atoms with Gasteiger partial charge in [-0.15, -0.1) is 0 Å². The number of ether oxygens (including phenoxy) is 2. The molecule has 146 valence electrons. The number of methoxy groups -OCH3 is 1. The zero-order valence-corrected chi connectivity index (χ0v) is 17.6. The van der Waals surface area contributed by atoms with Gasteiger partial charge in [-0.25, -0.2) is 4.98 Å². The molecular weight excluding hydrogens is 422 g/mol. The van der Waals surface area contributed by atoms with Crippen molar-refractivity contribution in [3.05, 3.63) is 52.0 Å². The summed E-state index contributed by atoms with van der Waals surface area (Å²) in [5, 5.41) is 12.3. The molecule has 1 aromatic heterocycles. The van der Waals surface area contributed by atoms with Crippen molar-refractivity contribution in [1.82, 2.24) is 4.98 Å². The summed E-state index contributed by atoms with van der Waals surface area (Å²) in [4.78, 5) is 16.4. The van der Waals surface area contributed by atoms with Gasteiger partial charge in [0.2, 0.25) is 0 Å². The number of aromatic carboxylic acids is 1. The maximum absolute atomic E-state index is 11.7. The van der Waals surface area contributed by atoms with E-state index in [0.717, 1.165) is 28.4 Å². The van der Waals surface area contributed by atoms with E-state index in [-0.39, 0.29) is 5.56 Å². The molecule has 0 N–H and O–H groups in total. The van der Waals surface area contributed by atoms with Crippen LogP contribution in [0.2, 0.25) is 0 Å². The number of hydrogen-bond acceptors (Lipinski definition) is 5. The number of aryl methyl sites for hydroxylation is 1.